The number of pyridine rings is 1. The average Bonchev–Trinajstić information content (AvgIpc) is 2.95. The Morgan fingerprint density at radius 2 is 1.72 bits per heavy atom. The monoisotopic (exact) mass is 612 g/mol. The van der Waals surface area contributed by atoms with E-state index < -0.39 is 32.2 Å². The summed E-state index contributed by atoms with van der Waals surface area (Å²) in [6.07, 6.45) is 2.83. The molecule has 0 bridgehead atoms. The van der Waals surface area contributed by atoms with E-state index in [2.05, 4.69) is 24.8 Å². The third kappa shape index (κ3) is 6.58. The minimum atomic E-state index is -4.44. The van der Waals surface area contributed by atoms with Crippen molar-refractivity contribution in [1.29, 1.82) is 0 Å². The molecule has 1 aliphatic rings. The highest BCUT2D eigenvalue weighted by molar-refractivity contribution is 7.92. The lowest BCUT2D eigenvalue weighted by atomic mass is 10.0. The Labute approximate surface area is 247 Å². The fourth-order valence-corrected chi connectivity index (χ4v) is 5.78. The molecular weight excluding hydrogens is 582 g/mol. The highest BCUT2D eigenvalue weighted by Crippen LogP contribution is 2.34. The van der Waals surface area contributed by atoms with E-state index >= 15 is 0 Å². The number of sulfonamides is 1. The maximum atomic E-state index is 14.3. The molecule has 11 nitrogen and oxygen atoms in total. The molecule has 2 aromatic carbocycles. The molecule has 14 heteroatoms. The number of nitrogens with zero attached hydrogens (tertiary/aromatic N) is 5. The number of amides is 1. The summed E-state index contributed by atoms with van der Waals surface area (Å²) in [5, 5.41) is 9.20. The number of carbonyl (C=O) groups excluding carboxylic acids is 1. The molecule has 0 atom stereocenters. The van der Waals surface area contributed by atoms with Gasteiger partial charge in [-0.2, -0.15) is 10.2 Å². The van der Waals surface area contributed by atoms with Crippen LogP contribution in [0.25, 0.3) is 22.0 Å². The zero-order chi connectivity index (χ0) is 30.9. The number of benzene rings is 2. The lowest BCUT2D eigenvalue weighted by Gasteiger charge is -2.36. The van der Waals surface area contributed by atoms with E-state index in [0.717, 1.165) is 23.2 Å². The van der Waals surface area contributed by atoms with E-state index in [4.69, 9.17) is 9.47 Å². The van der Waals surface area contributed by atoms with Crippen LogP contribution >= 0.6 is 0 Å². The van der Waals surface area contributed by atoms with Crippen LogP contribution in [-0.4, -0.2) is 73.5 Å². The summed E-state index contributed by atoms with van der Waals surface area (Å²) in [6.45, 7) is 7.54. The van der Waals surface area contributed by atoms with Crippen molar-refractivity contribution in [3.8, 4) is 17.0 Å². The molecule has 1 fully saturated rings. The van der Waals surface area contributed by atoms with Gasteiger partial charge in [0.1, 0.15) is 27.8 Å². The number of nitrogens with one attached hydrogen (secondary N) is 1. The second-order valence-corrected chi connectivity index (χ2v) is 12.5. The number of anilines is 2. The fraction of sp³-hybridized carbons (Fsp3) is 0.310. The van der Waals surface area contributed by atoms with Crippen LogP contribution in [0.3, 0.4) is 0 Å². The smallest absolute Gasteiger partial charge is 0.410 e. The summed E-state index contributed by atoms with van der Waals surface area (Å²) in [4.78, 5) is 19.8. The van der Waals surface area contributed by atoms with Gasteiger partial charge in [0.25, 0.3) is 10.0 Å². The standard InChI is InChI=1S/C29H30F2N6O5S/c1-29(2,3)42-28(38)37-11-9-36(10-12-37)25-17-33-34-23-7-5-18(13-21(23)25)19-14-24(27(41-4)32-16-19)35-43(39,40)26-8-6-20(30)15-22(26)31/h5-8,13-17,35H,9-12H2,1-4H3. The van der Waals surface area contributed by atoms with Crippen LogP contribution in [-0.2, 0) is 14.8 Å². The van der Waals surface area contributed by atoms with Gasteiger partial charge in [0.2, 0.25) is 5.88 Å². The molecular formula is C29H30F2N6O5S. The van der Waals surface area contributed by atoms with Gasteiger partial charge in [-0.25, -0.2) is 27.0 Å². The van der Waals surface area contributed by atoms with E-state index in [1.807, 2.05) is 26.8 Å². The number of piperazine rings is 1. The highest BCUT2D eigenvalue weighted by Gasteiger charge is 2.27. The molecule has 43 heavy (non-hydrogen) atoms. The molecule has 1 amide bonds. The van der Waals surface area contributed by atoms with Crippen molar-refractivity contribution in [3.05, 3.63) is 66.5 Å². The van der Waals surface area contributed by atoms with Crippen molar-refractivity contribution in [2.45, 2.75) is 31.3 Å². The summed E-state index contributed by atoms with van der Waals surface area (Å²) < 4.78 is 66.6. The second kappa shape index (κ2) is 11.6. The van der Waals surface area contributed by atoms with Crippen molar-refractivity contribution in [1.82, 2.24) is 20.1 Å². The first-order valence-electron chi connectivity index (χ1n) is 13.4. The van der Waals surface area contributed by atoms with Crippen LogP contribution in [0.15, 0.2) is 59.8 Å². The Hall–Kier alpha value is -4.59. The van der Waals surface area contributed by atoms with E-state index in [0.29, 0.717) is 48.9 Å². The summed E-state index contributed by atoms with van der Waals surface area (Å²) in [5.41, 5.74) is 2.09. The molecule has 0 radical (unpaired) electrons. The van der Waals surface area contributed by atoms with Crippen molar-refractivity contribution in [2.75, 3.05) is 42.9 Å². The van der Waals surface area contributed by atoms with E-state index in [-0.39, 0.29) is 17.7 Å². The molecule has 226 valence electrons. The third-order valence-electron chi connectivity index (χ3n) is 6.70. The fourth-order valence-electron chi connectivity index (χ4n) is 4.67. The number of methoxy groups -OCH3 is 1. The number of rotatable bonds is 6. The normalized spacial score (nSPS) is 14.1. The first-order valence-corrected chi connectivity index (χ1v) is 14.8. The lowest BCUT2D eigenvalue weighted by Crippen LogP contribution is -2.50. The topological polar surface area (TPSA) is 127 Å². The molecule has 3 heterocycles. The Morgan fingerprint density at radius 3 is 2.40 bits per heavy atom. The van der Waals surface area contributed by atoms with Gasteiger partial charge in [0, 0.05) is 49.4 Å². The second-order valence-electron chi connectivity index (χ2n) is 10.9. The molecule has 1 saturated heterocycles. The number of halogens is 2. The minimum absolute atomic E-state index is 0.0323. The summed E-state index contributed by atoms with van der Waals surface area (Å²) >= 11 is 0. The van der Waals surface area contributed by atoms with Crippen molar-refractivity contribution < 1.29 is 31.5 Å². The number of hydrogen-bond acceptors (Lipinski definition) is 9. The van der Waals surface area contributed by atoms with Crippen LogP contribution < -0.4 is 14.4 Å². The molecule has 0 spiro atoms. The van der Waals surface area contributed by atoms with Gasteiger partial charge >= 0.3 is 6.09 Å². The summed E-state index contributed by atoms with van der Waals surface area (Å²) in [5.74, 6) is -2.17. The summed E-state index contributed by atoms with van der Waals surface area (Å²) in [7, 11) is -3.12. The first-order chi connectivity index (χ1) is 20.3. The Kier molecular flexibility index (Phi) is 8.06. The maximum absolute atomic E-state index is 14.3. The predicted octanol–water partition coefficient (Wildman–Crippen LogP) is 4.84. The van der Waals surface area contributed by atoms with Crippen molar-refractivity contribution in [3.63, 3.8) is 0 Å². The van der Waals surface area contributed by atoms with Crippen LogP contribution in [0.4, 0.5) is 25.0 Å². The molecule has 0 unspecified atom stereocenters. The third-order valence-corrected chi connectivity index (χ3v) is 8.09. The van der Waals surface area contributed by atoms with E-state index in [1.165, 1.54) is 19.4 Å². The van der Waals surface area contributed by atoms with Crippen LogP contribution in [0, 0.1) is 11.6 Å². The molecule has 5 rings (SSSR count). The maximum Gasteiger partial charge on any atom is 0.410 e. The van der Waals surface area contributed by atoms with Crippen LogP contribution in [0.1, 0.15) is 20.8 Å². The van der Waals surface area contributed by atoms with Crippen molar-refractivity contribution >= 4 is 38.4 Å². The number of carbonyl (C=O) groups is 1. The number of aromatic nitrogens is 3. The Bertz CT molecular complexity index is 1790. The largest absolute Gasteiger partial charge is 0.480 e. The molecule has 1 aliphatic heterocycles. The Morgan fingerprint density at radius 1 is 0.977 bits per heavy atom. The van der Waals surface area contributed by atoms with Crippen LogP contribution in [0.2, 0.25) is 0 Å². The predicted molar refractivity (Wildman–Crippen MR) is 157 cm³/mol. The van der Waals surface area contributed by atoms with Gasteiger partial charge in [-0.05, 0) is 56.7 Å². The van der Waals surface area contributed by atoms with E-state index in [9.17, 15) is 22.0 Å². The number of ether oxygens (including phenoxy) is 2. The molecule has 0 aliphatic carbocycles. The summed E-state index contributed by atoms with van der Waals surface area (Å²) in [6, 6.07) is 9.18. The quantitative estimate of drug-likeness (QED) is 0.326. The van der Waals surface area contributed by atoms with Gasteiger partial charge in [-0.15, -0.1) is 0 Å². The average molecular weight is 613 g/mol. The van der Waals surface area contributed by atoms with Crippen LogP contribution in [0.5, 0.6) is 5.88 Å². The molecule has 0 saturated carbocycles. The van der Waals surface area contributed by atoms with E-state index in [1.54, 1.807) is 23.2 Å². The number of hydrogen-bond donors (Lipinski definition) is 1. The Balaban J connectivity index is 1.43. The minimum Gasteiger partial charge on any atom is -0.480 e. The van der Waals surface area contributed by atoms with Gasteiger partial charge in [0.05, 0.1) is 24.5 Å². The molecule has 1 N–H and O–H groups in total. The van der Waals surface area contributed by atoms with Gasteiger partial charge in [-0.1, -0.05) is 6.07 Å². The van der Waals surface area contributed by atoms with Gasteiger partial charge < -0.3 is 19.3 Å². The molecule has 2 aromatic heterocycles. The van der Waals surface area contributed by atoms with Crippen molar-refractivity contribution in [2.24, 2.45) is 0 Å². The van der Waals surface area contributed by atoms with Gasteiger partial charge in [0.15, 0.2) is 0 Å². The molecule has 4 aromatic rings. The zero-order valence-corrected chi connectivity index (χ0v) is 24.8. The highest BCUT2D eigenvalue weighted by atomic mass is 32.2. The number of fused-ring (bicyclic) bond motifs is 1. The van der Waals surface area contributed by atoms with Gasteiger partial charge in [-0.3, -0.25) is 4.72 Å². The first kappa shape index (κ1) is 29.9. The SMILES string of the molecule is COc1ncc(-c2ccc3nncc(N4CCN(C(=O)OC(C)(C)C)CC4)c3c2)cc1NS(=O)(=O)c1ccc(F)cc1F. The lowest BCUT2D eigenvalue weighted by molar-refractivity contribution is 0.0240. The zero-order valence-electron chi connectivity index (χ0n) is 24.0.